The van der Waals surface area contributed by atoms with E-state index in [2.05, 4.69) is 28.2 Å². The first-order valence-corrected chi connectivity index (χ1v) is 7.35. The van der Waals surface area contributed by atoms with Gasteiger partial charge in [-0.1, -0.05) is 15.9 Å². The van der Waals surface area contributed by atoms with Gasteiger partial charge in [-0.15, -0.1) is 0 Å². The number of alkyl halides is 3. The third-order valence-corrected chi connectivity index (χ3v) is 4.57. The van der Waals surface area contributed by atoms with Crippen LogP contribution in [-0.4, -0.2) is 25.7 Å². The van der Waals surface area contributed by atoms with Crippen LogP contribution in [0.25, 0.3) is 0 Å². The molecular weight excluding hydrogens is 333 g/mol. The van der Waals surface area contributed by atoms with Crippen molar-refractivity contribution in [3.8, 4) is 0 Å². The predicted octanol–water partition coefficient (Wildman–Crippen LogP) is 4.05. The molecule has 1 fully saturated rings. The van der Waals surface area contributed by atoms with Crippen LogP contribution in [0, 0.1) is 0 Å². The zero-order valence-electron chi connectivity index (χ0n) is 11.5. The summed E-state index contributed by atoms with van der Waals surface area (Å²) in [7, 11) is 1.90. The van der Waals surface area contributed by atoms with Crippen molar-refractivity contribution in [3.63, 3.8) is 0 Å². The summed E-state index contributed by atoms with van der Waals surface area (Å²) in [4.78, 5) is 1.83. The molecule has 0 radical (unpaired) electrons. The van der Waals surface area contributed by atoms with Crippen LogP contribution in [0.3, 0.4) is 0 Å². The Kier molecular flexibility index (Phi) is 4.35. The van der Waals surface area contributed by atoms with Gasteiger partial charge in [-0.05, 0) is 45.0 Å². The minimum absolute atomic E-state index is 0.0148. The van der Waals surface area contributed by atoms with Crippen molar-refractivity contribution < 1.29 is 13.2 Å². The van der Waals surface area contributed by atoms with Crippen LogP contribution in [0.4, 0.5) is 18.9 Å². The Bertz CT molecular complexity index is 480. The Hall–Kier alpha value is -0.750. The molecule has 112 valence electrons. The van der Waals surface area contributed by atoms with Crippen molar-refractivity contribution in [1.29, 1.82) is 0 Å². The highest BCUT2D eigenvalue weighted by Gasteiger charge is 2.36. The lowest BCUT2D eigenvalue weighted by atomic mass is 9.89. The monoisotopic (exact) mass is 350 g/mol. The van der Waals surface area contributed by atoms with Gasteiger partial charge >= 0.3 is 6.18 Å². The van der Waals surface area contributed by atoms with Crippen LogP contribution in [0.1, 0.15) is 25.3 Å². The molecule has 20 heavy (non-hydrogen) atoms. The molecule has 0 atom stereocenters. The molecule has 0 saturated carbocycles. The van der Waals surface area contributed by atoms with E-state index < -0.39 is 11.7 Å². The van der Waals surface area contributed by atoms with Gasteiger partial charge in [-0.3, -0.25) is 0 Å². The van der Waals surface area contributed by atoms with E-state index in [0.717, 1.165) is 18.9 Å². The number of piperidine rings is 1. The maximum atomic E-state index is 13.1. The Labute approximate surface area is 125 Å². The molecule has 1 aromatic carbocycles. The van der Waals surface area contributed by atoms with Crippen molar-refractivity contribution in [3.05, 3.63) is 28.2 Å². The van der Waals surface area contributed by atoms with Gasteiger partial charge in [0.2, 0.25) is 0 Å². The van der Waals surface area contributed by atoms with E-state index in [1.807, 2.05) is 11.9 Å². The normalized spacial score (nSPS) is 19.2. The molecule has 2 rings (SSSR count). The molecular formula is C14H18BrF3N2. The summed E-state index contributed by atoms with van der Waals surface area (Å²) in [5, 5.41) is 3.25. The van der Waals surface area contributed by atoms with E-state index in [-0.39, 0.29) is 11.2 Å². The second-order valence-corrected chi connectivity index (χ2v) is 6.37. The maximum Gasteiger partial charge on any atom is 0.418 e. The van der Waals surface area contributed by atoms with Crippen LogP contribution in [0.15, 0.2) is 22.7 Å². The highest BCUT2D eigenvalue weighted by molar-refractivity contribution is 9.10. The second kappa shape index (κ2) is 5.56. The summed E-state index contributed by atoms with van der Waals surface area (Å²) < 4.78 is 40.0. The number of nitrogens with one attached hydrogen (secondary N) is 1. The lowest BCUT2D eigenvalue weighted by Crippen LogP contribution is -2.50. The average Bonchev–Trinajstić information content (AvgIpc) is 2.38. The fourth-order valence-corrected chi connectivity index (χ4v) is 2.85. The molecule has 0 aliphatic carbocycles. The zero-order chi connectivity index (χ0) is 15.0. The smallest absolute Gasteiger partial charge is 0.371 e. The lowest BCUT2D eigenvalue weighted by molar-refractivity contribution is -0.137. The number of halogens is 4. The predicted molar refractivity (Wildman–Crippen MR) is 78.1 cm³/mol. The quantitative estimate of drug-likeness (QED) is 0.865. The Morgan fingerprint density at radius 1 is 1.25 bits per heavy atom. The van der Waals surface area contributed by atoms with Gasteiger partial charge in [0, 0.05) is 23.1 Å². The largest absolute Gasteiger partial charge is 0.418 e. The minimum atomic E-state index is -4.32. The molecule has 0 unspecified atom stereocenters. The van der Waals surface area contributed by atoms with E-state index in [1.165, 1.54) is 6.07 Å². The number of nitrogens with zero attached hydrogens (tertiary/aromatic N) is 1. The van der Waals surface area contributed by atoms with Crippen molar-refractivity contribution in [2.75, 3.05) is 25.0 Å². The summed E-state index contributed by atoms with van der Waals surface area (Å²) >= 11 is 3.26. The first-order valence-electron chi connectivity index (χ1n) is 6.56. The van der Waals surface area contributed by atoms with Crippen LogP contribution < -0.4 is 10.2 Å². The van der Waals surface area contributed by atoms with E-state index in [1.54, 1.807) is 6.07 Å². The molecule has 2 nitrogen and oxygen atoms in total. The minimum Gasteiger partial charge on any atom is -0.371 e. The molecule has 0 bridgehead atoms. The van der Waals surface area contributed by atoms with Gasteiger partial charge in [0.1, 0.15) is 0 Å². The molecule has 1 aliphatic rings. The molecule has 0 amide bonds. The standard InChI is InChI=1S/C14H18BrF3N2/c1-13(19-2)5-7-20(8-6-13)12-9-10(15)3-4-11(12)14(16,17)18/h3-4,9,19H,5-8H2,1-2H3. The fourth-order valence-electron chi connectivity index (χ4n) is 2.50. The highest BCUT2D eigenvalue weighted by atomic mass is 79.9. The van der Waals surface area contributed by atoms with E-state index in [4.69, 9.17) is 0 Å². The summed E-state index contributed by atoms with van der Waals surface area (Å²) in [5.41, 5.74) is -0.278. The van der Waals surface area contributed by atoms with Crippen molar-refractivity contribution in [2.24, 2.45) is 0 Å². The third-order valence-electron chi connectivity index (χ3n) is 4.08. The van der Waals surface area contributed by atoms with Gasteiger partial charge in [0.05, 0.1) is 11.3 Å². The number of anilines is 1. The fraction of sp³-hybridized carbons (Fsp3) is 0.571. The first-order chi connectivity index (χ1) is 9.25. The molecule has 1 aliphatic heterocycles. The van der Waals surface area contributed by atoms with Gasteiger partial charge in [0.15, 0.2) is 0 Å². The number of rotatable bonds is 2. The highest BCUT2D eigenvalue weighted by Crippen LogP contribution is 2.39. The van der Waals surface area contributed by atoms with Crippen LogP contribution in [0.5, 0.6) is 0 Å². The third kappa shape index (κ3) is 3.28. The lowest BCUT2D eigenvalue weighted by Gasteiger charge is -2.41. The average molecular weight is 351 g/mol. The van der Waals surface area contributed by atoms with Crippen molar-refractivity contribution in [2.45, 2.75) is 31.5 Å². The van der Waals surface area contributed by atoms with E-state index >= 15 is 0 Å². The second-order valence-electron chi connectivity index (χ2n) is 5.46. The zero-order valence-corrected chi connectivity index (χ0v) is 13.1. The number of benzene rings is 1. The summed E-state index contributed by atoms with van der Waals surface area (Å²) in [6.07, 6.45) is -2.67. The van der Waals surface area contributed by atoms with E-state index in [0.29, 0.717) is 17.6 Å². The Morgan fingerprint density at radius 3 is 2.35 bits per heavy atom. The van der Waals surface area contributed by atoms with E-state index in [9.17, 15) is 13.2 Å². The number of hydrogen-bond acceptors (Lipinski definition) is 2. The summed E-state index contributed by atoms with van der Waals surface area (Å²) in [5.74, 6) is 0. The van der Waals surface area contributed by atoms with Gasteiger partial charge in [-0.2, -0.15) is 13.2 Å². The van der Waals surface area contributed by atoms with Crippen LogP contribution >= 0.6 is 15.9 Å². The van der Waals surface area contributed by atoms with Crippen LogP contribution in [-0.2, 0) is 6.18 Å². The molecule has 1 N–H and O–H groups in total. The van der Waals surface area contributed by atoms with Crippen LogP contribution in [0.2, 0.25) is 0 Å². The van der Waals surface area contributed by atoms with Crippen molar-refractivity contribution >= 4 is 21.6 Å². The number of hydrogen-bond donors (Lipinski definition) is 1. The molecule has 1 heterocycles. The topological polar surface area (TPSA) is 15.3 Å². The molecule has 1 aromatic rings. The molecule has 1 saturated heterocycles. The summed E-state index contributed by atoms with van der Waals surface area (Å²) in [6, 6.07) is 4.14. The summed E-state index contributed by atoms with van der Waals surface area (Å²) in [6.45, 7) is 3.35. The van der Waals surface area contributed by atoms with Gasteiger partial charge < -0.3 is 10.2 Å². The SMILES string of the molecule is CNC1(C)CCN(c2cc(Br)ccc2C(F)(F)F)CC1. The first kappa shape index (κ1) is 15.6. The molecule has 6 heteroatoms. The van der Waals surface area contributed by atoms with Gasteiger partial charge in [0.25, 0.3) is 0 Å². The Balaban J connectivity index is 2.28. The van der Waals surface area contributed by atoms with Crippen molar-refractivity contribution in [1.82, 2.24) is 5.32 Å². The maximum absolute atomic E-state index is 13.1. The van der Waals surface area contributed by atoms with Gasteiger partial charge in [-0.25, -0.2) is 0 Å². The molecule has 0 aromatic heterocycles. The molecule has 0 spiro atoms. The Morgan fingerprint density at radius 2 is 1.85 bits per heavy atom.